The van der Waals surface area contributed by atoms with Crippen LogP contribution in [0, 0.1) is 0 Å². The van der Waals surface area contributed by atoms with Gasteiger partial charge in [-0.3, -0.25) is 4.79 Å². The third-order valence-electron chi connectivity index (χ3n) is 3.16. The Hall–Kier alpha value is -0.870. The van der Waals surface area contributed by atoms with Crippen molar-refractivity contribution in [3.63, 3.8) is 0 Å². The quantitative estimate of drug-likeness (QED) is 0.871. The molecule has 1 aliphatic heterocycles. The van der Waals surface area contributed by atoms with Crippen molar-refractivity contribution in [3.05, 3.63) is 34.3 Å². The van der Waals surface area contributed by atoms with Crippen LogP contribution >= 0.6 is 15.9 Å². The van der Waals surface area contributed by atoms with E-state index in [0.29, 0.717) is 0 Å². The number of methoxy groups -OCH3 is 1. The van der Waals surface area contributed by atoms with Gasteiger partial charge in [-0.25, -0.2) is 0 Å². The van der Waals surface area contributed by atoms with E-state index in [0.717, 1.165) is 29.4 Å². The first kappa shape index (κ1) is 12.6. The summed E-state index contributed by atoms with van der Waals surface area (Å²) in [6.07, 6.45) is 2.14. The maximum Gasteiger partial charge on any atom is 0.314 e. The molecule has 1 N–H and O–H groups in total. The fourth-order valence-electron chi connectivity index (χ4n) is 2.36. The van der Waals surface area contributed by atoms with Gasteiger partial charge in [-0.1, -0.05) is 28.1 Å². The molecule has 17 heavy (non-hydrogen) atoms. The van der Waals surface area contributed by atoms with Crippen molar-refractivity contribution < 1.29 is 9.53 Å². The predicted octanol–water partition coefficient (Wildman–Crippen LogP) is 2.46. The van der Waals surface area contributed by atoms with Crippen LogP contribution in [-0.4, -0.2) is 25.7 Å². The van der Waals surface area contributed by atoms with Crippen molar-refractivity contribution in [1.82, 2.24) is 5.32 Å². The summed E-state index contributed by atoms with van der Waals surface area (Å²) in [7, 11) is 1.45. The number of carbonyl (C=O) groups is 1. The van der Waals surface area contributed by atoms with E-state index < -0.39 is 0 Å². The minimum absolute atomic E-state index is 0.164. The smallest absolute Gasteiger partial charge is 0.314 e. The molecule has 1 aliphatic rings. The summed E-state index contributed by atoms with van der Waals surface area (Å²) >= 11 is 3.44. The zero-order valence-corrected chi connectivity index (χ0v) is 11.4. The van der Waals surface area contributed by atoms with Gasteiger partial charge >= 0.3 is 5.97 Å². The van der Waals surface area contributed by atoms with Crippen molar-refractivity contribution >= 4 is 21.9 Å². The van der Waals surface area contributed by atoms with Gasteiger partial charge in [0, 0.05) is 10.5 Å². The SMILES string of the molecule is COC(=O)[C@H](c1cccc(Br)c1)[C@@H]1CCCN1. The maximum absolute atomic E-state index is 11.9. The van der Waals surface area contributed by atoms with E-state index in [1.54, 1.807) is 0 Å². The molecule has 1 aromatic rings. The van der Waals surface area contributed by atoms with Gasteiger partial charge in [0.25, 0.3) is 0 Å². The molecule has 4 heteroatoms. The van der Waals surface area contributed by atoms with E-state index in [9.17, 15) is 4.79 Å². The molecular weight excluding hydrogens is 282 g/mol. The number of rotatable bonds is 3. The van der Waals surface area contributed by atoms with Gasteiger partial charge in [0.1, 0.15) is 0 Å². The molecule has 92 valence electrons. The fourth-order valence-corrected chi connectivity index (χ4v) is 2.77. The van der Waals surface area contributed by atoms with Crippen LogP contribution in [0.3, 0.4) is 0 Å². The topological polar surface area (TPSA) is 38.3 Å². The Morgan fingerprint density at radius 1 is 1.59 bits per heavy atom. The van der Waals surface area contributed by atoms with Crippen molar-refractivity contribution in [2.45, 2.75) is 24.8 Å². The van der Waals surface area contributed by atoms with Crippen LogP contribution in [-0.2, 0) is 9.53 Å². The lowest BCUT2D eigenvalue weighted by atomic mass is 9.90. The molecule has 0 spiro atoms. The van der Waals surface area contributed by atoms with E-state index in [2.05, 4.69) is 21.2 Å². The average Bonchev–Trinajstić information content (AvgIpc) is 2.83. The Bertz CT molecular complexity index is 402. The van der Waals surface area contributed by atoms with E-state index in [-0.39, 0.29) is 17.9 Å². The Morgan fingerprint density at radius 2 is 2.41 bits per heavy atom. The second kappa shape index (κ2) is 5.65. The molecule has 0 aliphatic carbocycles. The monoisotopic (exact) mass is 297 g/mol. The van der Waals surface area contributed by atoms with Crippen LogP contribution < -0.4 is 5.32 Å². The van der Waals surface area contributed by atoms with Crippen LogP contribution in [0.1, 0.15) is 24.3 Å². The van der Waals surface area contributed by atoms with Gasteiger partial charge in [-0.15, -0.1) is 0 Å². The minimum atomic E-state index is -0.208. The van der Waals surface area contributed by atoms with Crippen molar-refractivity contribution in [3.8, 4) is 0 Å². The van der Waals surface area contributed by atoms with Crippen molar-refractivity contribution in [2.75, 3.05) is 13.7 Å². The van der Waals surface area contributed by atoms with E-state index in [1.165, 1.54) is 7.11 Å². The predicted molar refractivity (Wildman–Crippen MR) is 69.9 cm³/mol. The Balaban J connectivity index is 2.29. The zero-order chi connectivity index (χ0) is 12.3. The lowest BCUT2D eigenvalue weighted by Gasteiger charge is -2.22. The number of esters is 1. The molecule has 0 amide bonds. The van der Waals surface area contributed by atoms with Crippen molar-refractivity contribution in [2.24, 2.45) is 0 Å². The molecule has 0 aromatic heterocycles. The second-order valence-corrected chi connectivity index (χ2v) is 5.17. The molecule has 1 fully saturated rings. The Kier molecular flexibility index (Phi) is 4.18. The van der Waals surface area contributed by atoms with Gasteiger partial charge in [0.15, 0.2) is 0 Å². The summed E-state index contributed by atoms with van der Waals surface area (Å²) in [6, 6.07) is 8.06. The van der Waals surface area contributed by atoms with Crippen LogP contribution in [0.4, 0.5) is 0 Å². The minimum Gasteiger partial charge on any atom is -0.469 e. The summed E-state index contributed by atoms with van der Waals surface area (Å²) in [6.45, 7) is 0.978. The summed E-state index contributed by atoms with van der Waals surface area (Å²) in [5.74, 6) is -0.373. The van der Waals surface area contributed by atoms with Crippen LogP contribution in [0.15, 0.2) is 28.7 Å². The first-order chi connectivity index (χ1) is 8.22. The second-order valence-electron chi connectivity index (χ2n) is 4.26. The molecule has 2 atom stereocenters. The fraction of sp³-hybridized carbons (Fsp3) is 0.462. The third-order valence-corrected chi connectivity index (χ3v) is 3.66. The van der Waals surface area contributed by atoms with Gasteiger partial charge in [0.05, 0.1) is 13.0 Å². The van der Waals surface area contributed by atoms with Gasteiger partial charge < -0.3 is 10.1 Å². The van der Waals surface area contributed by atoms with Gasteiger partial charge in [-0.2, -0.15) is 0 Å². The lowest BCUT2D eigenvalue weighted by Crippen LogP contribution is -2.34. The Labute approximate surface area is 110 Å². The molecule has 0 bridgehead atoms. The van der Waals surface area contributed by atoms with Crippen molar-refractivity contribution in [1.29, 1.82) is 0 Å². The largest absolute Gasteiger partial charge is 0.469 e. The number of hydrogen-bond acceptors (Lipinski definition) is 3. The van der Waals surface area contributed by atoms with Crippen LogP contribution in [0.25, 0.3) is 0 Å². The first-order valence-electron chi connectivity index (χ1n) is 5.79. The number of nitrogens with one attached hydrogen (secondary N) is 1. The number of halogens is 1. The normalized spacial score (nSPS) is 21.2. The Morgan fingerprint density at radius 3 is 3.00 bits per heavy atom. The number of carbonyl (C=O) groups excluding carboxylic acids is 1. The molecule has 0 unspecified atom stereocenters. The van der Waals surface area contributed by atoms with E-state index >= 15 is 0 Å². The first-order valence-corrected chi connectivity index (χ1v) is 6.58. The number of benzene rings is 1. The summed E-state index contributed by atoms with van der Waals surface area (Å²) < 4.78 is 5.91. The molecule has 0 saturated carbocycles. The molecular formula is C13H16BrNO2. The van der Waals surface area contributed by atoms with E-state index in [4.69, 9.17) is 4.74 Å². The molecule has 1 aromatic carbocycles. The summed E-state index contributed by atoms with van der Waals surface area (Å²) in [4.78, 5) is 11.9. The number of hydrogen-bond donors (Lipinski definition) is 1. The maximum atomic E-state index is 11.9. The van der Waals surface area contributed by atoms with Gasteiger partial charge in [0.2, 0.25) is 0 Å². The highest BCUT2D eigenvalue weighted by Gasteiger charge is 2.32. The molecule has 3 nitrogen and oxygen atoms in total. The average molecular weight is 298 g/mol. The highest BCUT2D eigenvalue weighted by molar-refractivity contribution is 9.10. The summed E-state index contributed by atoms with van der Waals surface area (Å²) in [5, 5.41) is 3.37. The van der Waals surface area contributed by atoms with Crippen LogP contribution in [0.5, 0.6) is 0 Å². The van der Waals surface area contributed by atoms with Gasteiger partial charge in [-0.05, 0) is 37.1 Å². The highest BCUT2D eigenvalue weighted by Crippen LogP contribution is 2.28. The number of ether oxygens (including phenoxy) is 1. The lowest BCUT2D eigenvalue weighted by molar-refractivity contribution is -0.143. The third kappa shape index (κ3) is 2.87. The molecule has 1 saturated heterocycles. The zero-order valence-electron chi connectivity index (χ0n) is 9.78. The molecule has 0 radical (unpaired) electrons. The summed E-state index contributed by atoms with van der Waals surface area (Å²) in [5.41, 5.74) is 1.01. The highest BCUT2D eigenvalue weighted by atomic mass is 79.9. The standard InChI is InChI=1S/C13H16BrNO2/c1-17-13(16)12(11-6-3-7-15-11)9-4-2-5-10(14)8-9/h2,4-5,8,11-12,15H,3,6-7H2,1H3/t11-,12+/m0/s1. The van der Waals surface area contributed by atoms with E-state index in [1.807, 2.05) is 24.3 Å². The molecule has 2 rings (SSSR count). The molecule has 1 heterocycles. The van der Waals surface area contributed by atoms with Crippen LogP contribution in [0.2, 0.25) is 0 Å².